The second kappa shape index (κ2) is 6.40. The molecule has 100 valence electrons. The summed E-state index contributed by atoms with van der Waals surface area (Å²) in [5.74, 6) is 0.931. The summed E-state index contributed by atoms with van der Waals surface area (Å²) >= 11 is 0. The monoisotopic (exact) mass is 249 g/mol. The van der Waals surface area contributed by atoms with Gasteiger partial charge in [0.1, 0.15) is 11.6 Å². The maximum atomic E-state index is 7.49. The van der Waals surface area contributed by atoms with Gasteiger partial charge in [0.05, 0.1) is 7.11 Å². The summed E-state index contributed by atoms with van der Waals surface area (Å²) in [5, 5.41) is 7.49. The molecule has 0 aromatic heterocycles. The number of nitrogens with zero attached hydrogens (tertiary/aromatic N) is 1. The van der Waals surface area contributed by atoms with Gasteiger partial charge in [0, 0.05) is 23.7 Å². The first-order chi connectivity index (χ1) is 8.49. The summed E-state index contributed by atoms with van der Waals surface area (Å²) in [4.78, 5) is 2.27. The van der Waals surface area contributed by atoms with Crippen molar-refractivity contribution in [3.8, 4) is 5.75 Å². The van der Waals surface area contributed by atoms with Crippen molar-refractivity contribution in [2.24, 2.45) is 5.73 Å². The fourth-order valence-corrected chi connectivity index (χ4v) is 1.81. The highest BCUT2D eigenvalue weighted by Crippen LogP contribution is 2.22. The van der Waals surface area contributed by atoms with Crippen LogP contribution in [-0.2, 0) is 6.54 Å². The minimum absolute atomic E-state index is 0.0881. The van der Waals surface area contributed by atoms with Gasteiger partial charge in [0.15, 0.2) is 0 Å². The van der Waals surface area contributed by atoms with Crippen molar-refractivity contribution in [1.29, 1.82) is 5.41 Å². The van der Waals surface area contributed by atoms with E-state index in [9.17, 15) is 0 Å². The van der Waals surface area contributed by atoms with E-state index in [0.29, 0.717) is 6.04 Å². The first-order valence-electron chi connectivity index (χ1n) is 6.21. The number of nitrogens with two attached hydrogens (primary N) is 1. The van der Waals surface area contributed by atoms with Crippen molar-refractivity contribution in [3.05, 3.63) is 29.3 Å². The molecule has 1 unspecified atom stereocenters. The van der Waals surface area contributed by atoms with Crippen LogP contribution >= 0.6 is 0 Å². The maximum absolute atomic E-state index is 7.49. The predicted molar refractivity (Wildman–Crippen MR) is 75.2 cm³/mol. The SMILES string of the molecule is CCC(C)N(C)Cc1cc(C(=N)N)ccc1OC. The lowest BCUT2D eigenvalue weighted by molar-refractivity contribution is 0.240. The minimum Gasteiger partial charge on any atom is -0.496 e. The van der Waals surface area contributed by atoms with Gasteiger partial charge >= 0.3 is 0 Å². The molecule has 1 aromatic rings. The van der Waals surface area contributed by atoms with Gasteiger partial charge in [-0.15, -0.1) is 0 Å². The van der Waals surface area contributed by atoms with Crippen molar-refractivity contribution in [1.82, 2.24) is 4.90 Å². The second-order valence-corrected chi connectivity index (χ2v) is 4.61. The van der Waals surface area contributed by atoms with Crippen LogP contribution in [0.1, 0.15) is 31.4 Å². The third-order valence-electron chi connectivity index (χ3n) is 3.35. The number of nitrogen functional groups attached to an aromatic ring is 1. The number of rotatable bonds is 6. The highest BCUT2D eigenvalue weighted by atomic mass is 16.5. The van der Waals surface area contributed by atoms with Gasteiger partial charge in [0.2, 0.25) is 0 Å². The summed E-state index contributed by atoms with van der Waals surface area (Å²) in [5.41, 5.74) is 7.32. The topological polar surface area (TPSA) is 62.3 Å². The van der Waals surface area contributed by atoms with Crippen molar-refractivity contribution >= 4 is 5.84 Å². The Kier molecular flexibility index (Phi) is 5.16. The number of hydrogen-bond acceptors (Lipinski definition) is 3. The molecule has 3 N–H and O–H groups in total. The van der Waals surface area contributed by atoms with Crippen molar-refractivity contribution in [2.75, 3.05) is 14.2 Å². The van der Waals surface area contributed by atoms with Crippen molar-refractivity contribution in [3.63, 3.8) is 0 Å². The molecule has 0 fully saturated rings. The van der Waals surface area contributed by atoms with Crippen LogP contribution in [-0.4, -0.2) is 30.9 Å². The van der Waals surface area contributed by atoms with E-state index < -0.39 is 0 Å². The van der Waals surface area contributed by atoms with Crippen LogP contribution in [0, 0.1) is 5.41 Å². The molecule has 1 rings (SSSR count). The van der Waals surface area contributed by atoms with E-state index in [2.05, 4.69) is 25.8 Å². The normalized spacial score (nSPS) is 12.5. The smallest absolute Gasteiger partial charge is 0.123 e. The summed E-state index contributed by atoms with van der Waals surface area (Å²) in [7, 11) is 3.75. The highest BCUT2D eigenvalue weighted by Gasteiger charge is 2.12. The van der Waals surface area contributed by atoms with Crippen LogP contribution in [0.3, 0.4) is 0 Å². The molecular formula is C14H23N3O. The van der Waals surface area contributed by atoms with Gasteiger partial charge in [-0.3, -0.25) is 10.3 Å². The number of hydrogen-bond donors (Lipinski definition) is 2. The van der Waals surface area contributed by atoms with Gasteiger partial charge in [-0.2, -0.15) is 0 Å². The molecule has 0 amide bonds. The van der Waals surface area contributed by atoms with E-state index in [1.54, 1.807) is 7.11 Å². The number of ether oxygens (including phenoxy) is 1. The largest absolute Gasteiger partial charge is 0.496 e. The lowest BCUT2D eigenvalue weighted by Crippen LogP contribution is -2.28. The van der Waals surface area contributed by atoms with Gasteiger partial charge in [-0.05, 0) is 38.6 Å². The zero-order valence-electron chi connectivity index (χ0n) is 11.7. The van der Waals surface area contributed by atoms with E-state index in [-0.39, 0.29) is 5.84 Å². The lowest BCUT2D eigenvalue weighted by atomic mass is 10.1. The molecule has 0 heterocycles. The number of methoxy groups -OCH3 is 1. The molecule has 1 aromatic carbocycles. The zero-order chi connectivity index (χ0) is 13.7. The Morgan fingerprint density at radius 3 is 2.67 bits per heavy atom. The Bertz CT molecular complexity index is 418. The van der Waals surface area contributed by atoms with Crippen LogP contribution < -0.4 is 10.5 Å². The number of nitrogens with one attached hydrogen (secondary N) is 1. The molecule has 0 spiro atoms. The van der Waals surface area contributed by atoms with Crippen LogP contribution in [0.25, 0.3) is 0 Å². The number of benzene rings is 1. The van der Waals surface area contributed by atoms with E-state index >= 15 is 0 Å². The van der Waals surface area contributed by atoms with Crippen LogP contribution in [0.2, 0.25) is 0 Å². The summed E-state index contributed by atoms with van der Waals surface area (Å²) in [6.07, 6.45) is 1.10. The van der Waals surface area contributed by atoms with E-state index in [4.69, 9.17) is 15.9 Å². The zero-order valence-corrected chi connectivity index (χ0v) is 11.7. The third-order valence-corrected chi connectivity index (χ3v) is 3.35. The Morgan fingerprint density at radius 2 is 2.17 bits per heavy atom. The standard InChI is InChI=1S/C14H23N3O/c1-5-10(2)17(3)9-12-8-11(14(15)16)6-7-13(12)18-4/h6-8,10H,5,9H2,1-4H3,(H3,15,16). The molecule has 0 saturated heterocycles. The van der Waals surface area contributed by atoms with Crippen LogP contribution in [0.15, 0.2) is 18.2 Å². The Morgan fingerprint density at radius 1 is 1.50 bits per heavy atom. The molecule has 0 aliphatic carbocycles. The molecule has 18 heavy (non-hydrogen) atoms. The molecule has 0 aliphatic heterocycles. The Hall–Kier alpha value is -1.55. The first kappa shape index (κ1) is 14.5. The average Bonchev–Trinajstić information content (AvgIpc) is 2.37. The molecule has 0 saturated carbocycles. The first-order valence-corrected chi connectivity index (χ1v) is 6.21. The van der Waals surface area contributed by atoms with Crippen LogP contribution in [0.5, 0.6) is 5.75 Å². The quantitative estimate of drug-likeness (QED) is 0.600. The lowest BCUT2D eigenvalue weighted by Gasteiger charge is -2.24. The summed E-state index contributed by atoms with van der Waals surface area (Å²) in [6.45, 7) is 5.16. The van der Waals surface area contributed by atoms with Gasteiger partial charge in [-0.1, -0.05) is 6.92 Å². The molecular weight excluding hydrogens is 226 g/mol. The Labute approximate surface area is 109 Å². The summed E-state index contributed by atoms with van der Waals surface area (Å²) < 4.78 is 5.36. The second-order valence-electron chi connectivity index (χ2n) is 4.61. The van der Waals surface area contributed by atoms with E-state index in [1.807, 2.05) is 18.2 Å². The van der Waals surface area contributed by atoms with Gasteiger partial charge in [0.25, 0.3) is 0 Å². The minimum atomic E-state index is 0.0881. The molecule has 1 atom stereocenters. The molecule has 0 radical (unpaired) electrons. The fourth-order valence-electron chi connectivity index (χ4n) is 1.81. The van der Waals surface area contributed by atoms with Crippen molar-refractivity contribution in [2.45, 2.75) is 32.9 Å². The predicted octanol–water partition coefficient (Wildman–Crippen LogP) is 2.21. The Balaban J connectivity index is 2.97. The highest BCUT2D eigenvalue weighted by molar-refractivity contribution is 5.95. The molecule has 4 nitrogen and oxygen atoms in total. The van der Waals surface area contributed by atoms with Crippen LogP contribution in [0.4, 0.5) is 0 Å². The van der Waals surface area contributed by atoms with Crippen molar-refractivity contribution < 1.29 is 4.74 Å². The van der Waals surface area contributed by atoms with Gasteiger partial charge in [-0.25, -0.2) is 0 Å². The third kappa shape index (κ3) is 3.47. The van der Waals surface area contributed by atoms with E-state index in [0.717, 1.165) is 29.8 Å². The van der Waals surface area contributed by atoms with Gasteiger partial charge < -0.3 is 10.5 Å². The molecule has 0 aliphatic rings. The summed E-state index contributed by atoms with van der Waals surface area (Å²) in [6, 6.07) is 6.13. The molecule has 0 bridgehead atoms. The maximum Gasteiger partial charge on any atom is 0.123 e. The fraction of sp³-hybridized carbons (Fsp3) is 0.500. The average molecular weight is 249 g/mol. The molecule has 4 heteroatoms. The van der Waals surface area contributed by atoms with E-state index in [1.165, 1.54) is 0 Å². The number of amidine groups is 1.